The van der Waals surface area contributed by atoms with E-state index in [2.05, 4.69) is 5.32 Å². The maximum atomic E-state index is 11.7. The molecule has 2 aromatic carbocycles. The van der Waals surface area contributed by atoms with Crippen LogP contribution in [-0.4, -0.2) is 30.1 Å². The standard InChI is InChI=1S/C18H19NO4/c1-13-7-8-14(11-16(13)18(21)22)9-10-19-17(20)12-23-15-5-3-2-4-6-15/h2-8,11H,9-10,12H2,1H3,(H,19,20)(H,21,22). The largest absolute Gasteiger partial charge is 0.484 e. The van der Waals surface area contributed by atoms with Gasteiger partial charge in [0.15, 0.2) is 6.61 Å². The Morgan fingerprint density at radius 3 is 2.57 bits per heavy atom. The second-order valence-electron chi connectivity index (χ2n) is 5.16. The molecule has 2 rings (SSSR count). The molecule has 0 aliphatic heterocycles. The van der Waals surface area contributed by atoms with Crippen molar-refractivity contribution in [2.45, 2.75) is 13.3 Å². The zero-order chi connectivity index (χ0) is 16.7. The van der Waals surface area contributed by atoms with Crippen LogP contribution in [0.15, 0.2) is 48.5 Å². The molecule has 0 unspecified atom stereocenters. The molecule has 0 aromatic heterocycles. The van der Waals surface area contributed by atoms with E-state index >= 15 is 0 Å². The van der Waals surface area contributed by atoms with Crippen LogP contribution in [0.5, 0.6) is 5.75 Å². The zero-order valence-corrected chi connectivity index (χ0v) is 12.9. The third-order valence-electron chi connectivity index (χ3n) is 3.38. The first-order valence-electron chi connectivity index (χ1n) is 7.33. The van der Waals surface area contributed by atoms with E-state index in [0.717, 1.165) is 11.1 Å². The summed E-state index contributed by atoms with van der Waals surface area (Å²) in [6, 6.07) is 14.4. The maximum Gasteiger partial charge on any atom is 0.335 e. The van der Waals surface area contributed by atoms with Crippen molar-refractivity contribution in [2.24, 2.45) is 0 Å². The lowest BCUT2D eigenvalue weighted by Gasteiger charge is -2.08. The first kappa shape index (κ1) is 16.5. The molecule has 0 spiro atoms. The minimum atomic E-state index is -0.940. The maximum absolute atomic E-state index is 11.7. The third-order valence-corrected chi connectivity index (χ3v) is 3.38. The highest BCUT2D eigenvalue weighted by atomic mass is 16.5. The quantitative estimate of drug-likeness (QED) is 0.823. The van der Waals surface area contributed by atoms with E-state index in [1.165, 1.54) is 0 Å². The van der Waals surface area contributed by atoms with Crippen molar-refractivity contribution in [2.75, 3.05) is 13.2 Å². The van der Waals surface area contributed by atoms with Crippen molar-refractivity contribution in [3.63, 3.8) is 0 Å². The summed E-state index contributed by atoms with van der Waals surface area (Å²) < 4.78 is 5.35. The third kappa shape index (κ3) is 5.14. The molecule has 5 nitrogen and oxygen atoms in total. The van der Waals surface area contributed by atoms with E-state index in [1.807, 2.05) is 24.3 Å². The number of rotatable bonds is 7. The van der Waals surface area contributed by atoms with Crippen LogP contribution in [0.2, 0.25) is 0 Å². The van der Waals surface area contributed by atoms with Crippen LogP contribution in [0.4, 0.5) is 0 Å². The summed E-state index contributed by atoms with van der Waals surface area (Å²) >= 11 is 0. The van der Waals surface area contributed by atoms with Crippen LogP contribution >= 0.6 is 0 Å². The predicted molar refractivity (Wildman–Crippen MR) is 86.8 cm³/mol. The number of carboxylic acid groups (broad SMARTS) is 1. The van der Waals surface area contributed by atoms with Crippen molar-refractivity contribution in [3.05, 3.63) is 65.2 Å². The van der Waals surface area contributed by atoms with Crippen molar-refractivity contribution in [1.82, 2.24) is 5.32 Å². The van der Waals surface area contributed by atoms with E-state index in [0.29, 0.717) is 24.3 Å². The molecule has 23 heavy (non-hydrogen) atoms. The summed E-state index contributed by atoms with van der Waals surface area (Å²) in [5.41, 5.74) is 1.89. The van der Waals surface area contributed by atoms with Crippen LogP contribution in [0, 0.1) is 6.92 Å². The lowest BCUT2D eigenvalue weighted by atomic mass is 10.0. The minimum Gasteiger partial charge on any atom is -0.484 e. The molecule has 120 valence electrons. The second kappa shape index (κ2) is 7.98. The molecule has 0 bridgehead atoms. The number of carbonyl (C=O) groups is 2. The van der Waals surface area contributed by atoms with Gasteiger partial charge in [0, 0.05) is 6.54 Å². The number of amides is 1. The Bertz CT molecular complexity index is 683. The summed E-state index contributed by atoms with van der Waals surface area (Å²) in [5.74, 6) is -0.503. The molecule has 2 aromatic rings. The normalized spacial score (nSPS) is 10.1. The number of hydrogen-bond acceptors (Lipinski definition) is 3. The Morgan fingerprint density at radius 1 is 1.13 bits per heavy atom. The van der Waals surface area contributed by atoms with Crippen molar-refractivity contribution in [3.8, 4) is 5.75 Å². The van der Waals surface area contributed by atoms with Crippen molar-refractivity contribution < 1.29 is 19.4 Å². The Balaban J connectivity index is 1.77. The lowest BCUT2D eigenvalue weighted by molar-refractivity contribution is -0.123. The number of para-hydroxylation sites is 1. The van der Waals surface area contributed by atoms with Crippen LogP contribution < -0.4 is 10.1 Å². The molecule has 0 heterocycles. The Kier molecular flexibility index (Phi) is 5.74. The second-order valence-corrected chi connectivity index (χ2v) is 5.16. The van der Waals surface area contributed by atoms with Gasteiger partial charge in [0.2, 0.25) is 0 Å². The van der Waals surface area contributed by atoms with Gasteiger partial charge >= 0.3 is 5.97 Å². The van der Waals surface area contributed by atoms with Crippen LogP contribution in [0.3, 0.4) is 0 Å². The first-order chi connectivity index (χ1) is 11.1. The topological polar surface area (TPSA) is 75.6 Å². The predicted octanol–water partition coefficient (Wildman–Crippen LogP) is 2.43. The van der Waals surface area contributed by atoms with E-state index < -0.39 is 5.97 Å². The van der Waals surface area contributed by atoms with E-state index in [-0.39, 0.29) is 12.5 Å². The van der Waals surface area contributed by atoms with Gasteiger partial charge in [-0.15, -0.1) is 0 Å². The Hall–Kier alpha value is -2.82. The fraction of sp³-hybridized carbons (Fsp3) is 0.222. The molecule has 0 saturated carbocycles. The Morgan fingerprint density at radius 2 is 1.87 bits per heavy atom. The fourth-order valence-electron chi connectivity index (χ4n) is 2.12. The average Bonchev–Trinajstić information content (AvgIpc) is 2.55. The molecule has 2 N–H and O–H groups in total. The highest BCUT2D eigenvalue weighted by molar-refractivity contribution is 5.89. The van der Waals surface area contributed by atoms with E-state index in [4.69, 9.17) is 9.84 Å². The Labute approximate surface area is 134 Å². The molecular weight excluding hydrogens is 294 g/mol. The molecule has 0 atom stereocenters. The van der Waals surface area contributed by atoms with Crippen LogP contribution in [0.25, 0.3) is 0 Å². The van der Waals surface area contributed by atoms with Gasteiger partial charge in [-0.05, 0) is 42.7 Å². The van der Waals surface area contributed by atoms with Gasteiger partial charge in [0.1, 0.15) is 5.75 Å². The summed E-state index contributed by atoms with van der Waals surface area (Å²) in [7, 11) is 0. The van der Waals surface area contributed by atoms with Crippen LogP contribution in [-0.2, 0) is 11.2 Å². The smallest absolute Gasteiger partial charge is 0.335 e. The van der Waals surface area contributed by atoms with Gasteiger partial charge in [-0.25, -0.2) is 4.79 Å². The molecule has 0 aliphatic carbocycles. The minimum absolute atomic E-state index is 0.0434. The lowest BCUT2D eigenvalue weighted by Crippen LogP contribution is -2.30. The highest BCUT2D eigenvalue weighted by Gasteiger charge is 2.08. The number of nitrogens with one attached hydrogen (secondary N) is 1. The van der Waals surface area contributed by atoms with Crippen molar-refractivity contribution in [1.29, 1.82) is 0 Å². The van der Waals surface area contributed by atoms with Gasteiger partial charge in [-0.3, -0.25) is 4.79 Å². The molecule has 5 heteroatoms. The number of benzene rings is 2. The molecule has 0 aliphatic rings. The number of carboxylic acids is 1. The number of aryl methyl sites for hydroxylation is 1. The van der Waals surface area contributed by atoms with Gasteiger partial charge in [-0.2, -0.15) is 0 Å². The monoisotopic (exact) mass is 313 g/mol. The van der Waals surface area contributed by atoms with Crippen LogP contribution in [0.1, 0.15) is 21.5 Å². The summed E-state index contributed by atoms with van der Waals surface area (Å²) in [6.07, 6.45) is 0.567. The van der Waals surface area contributed by atoms with Gasteiger partial charge < -0.3 is 15.2 Å². The fourth-order valence-corrected chi connectivity index (χ4v) is 2.12. The summed E-state index contributed by atoms with van der Waals surface area (Å²) in [5, 5.41) is 11.8. The molecule has 0 fully saturated rings. The molecule has 0 radical (unpaired) electrons. The van der Waals surface area contributed by atoms with Gasteiger partial charge in [-0.1, -0.05) is 30.3 Å². The molecule has 0 saturated heterocycles. The number of carbonyl (C=O) groups excluding carboxylic acids is 1. The molecular formula is C18H19NO4. The number of aromatic carboxylic acids is 1. The zero-order valence-electron chi connectivity index (χ0n) is 12.9. The number of ether oxygens (including phenoxy) is 1. The first-order valence-corrected chi connectivity index (χ1v) is 7.33. The van der Waals surface area contributed by atoms with Crippen molar-refractivity contribution >= 4 is 11.9 Å². The van der Waals surface area contributed by atoms with E-state index in [9.17, 15) is 9.59 Å². The van der Waals surface area contributed by atoms with E-state index in [1.54, 1.807) is 31.2 Å². The number of hydrogen-bond donors (Lipinski definition) is 2. The molecule has 1 amide bonds. The summed E-state index contributed by atoms with van der Waals surface area (Å²) in [4.78, 5) is 22.8. The summed E-state index contributed by atoms with van der Waals surface area (Å²) in [6.45, 7) is 2.15. The highest BCUT2D eigenvalue weighted by Crippen LogP contribution is 2.11. The SMILES string of the molecule is Cc1ccc(CCNC(=O)COc2ccccc2)cc1C(=O)O. The average molecular weight is 313 g/mol. The van der Waals surface area contributed by atoms with Gasteiger partial charge in [0.25, 0.3) is 5.91 Å². The van der Waals surface area contributed by atoms with Gasteiger partial charge in [0.05, 0.1) is 5.56 Å².